The van der Waals surface area contributed by atoms with Gasteiger partial charge in [0.15, 0.2) is 5.13 Å². The van der Waals surface area contributed by atoms with Crippen LogP contribution in [-0.2, 0) is 11.2 Å². The normalized spacial score (nSPS) is 16.7. The van der Waals surface area contributed by atoms with Gasteiger partial charge >= 0.3 is 6.09 Å². The molecule has 1 atom stereocenters. The lowest BCUT2D eigenvalue weighted by atomic mass is 10.1. The highest BCUT2D eigenvalue weighted by Gasteiger charge is 2.24. The van der Waals surface area contributed by atoms with Crippen LogP contribution in [0.2, 0.25) is 0 Å². The minimum atomic E-state index is -0.496. The molecule has 122 valence electrons. The maximum atomic E-state index is 11.9. The Morgan fingerprint density at radius 2 is 2.22 bits per heavy atom. The first-order valence-corrected chi connectivity index (χ1v) is 8.57. The Balaban J connectivity index is 1.68. The molecule has 0 fully saturated rings. The molecule has 2 N–H and O–H groups in total. The van der Waals surface area contributed by atoms with Crippen molar-refractivity contribution in [2.45, 2.75) is 45.3 Å². The van der Waals surface area contributed by atoms with Gasteiger partial charge in [-0.25, -0.2) is 9.78 Å². The van der Waals surface area contributed by atoms with Crippen LogP contribution in [-0.4, -0.2) is 16.7 Å². The first kappa shape index (κ1) is 15.8. The highest BCUT2D eigenvalue weighted by atomic mass is 32.1. The Hall–Kier alpha value is -2.08. The third kappa shape index (κ3) is 4.01. The van der Waals surface area contributed by atoms with Gasteiger partial charge in [0.1, 0.15) is 5.60 Å². The molecule has 1 heterocycles. The largest absolute Gasteiger partial charge is 0.444 e. The number of nitrogens with zero attached hydrogens (tertiary/aromatic N) is 1. The molecule has 6 heteroatoms. The van der Waals surface area contributed by atoms with E-state index < -0.39 is 11.7 Å². The number of aromatic nitrogens is 1. The van der Waals surface area contributed by atoms with Crippen LogP contribution in [0, 0.1) is 0 Å². The Labute approximate surface area is 140 Å². The summed E-state index contributed by atoms with van der Waals surface area (Å²) in [5, 5.41) is 9.17. The summed E-state index contributed by atoms with van der Waals surface area (Å²) in [6.45, 7) is 5.55. The molecule has 0 saturated carbocycles. The fourth-order valence-corrected chi connectivity index (χ4v) is 3.29. The number of ether oxygens (including phenoxy) is 1. The van der Waals surface area contributed by atoms with Crippen molar-refractivity contribution in [2.24, 2.45) is 0 Å². The predicted molar refractivity (Wildman–Crippen MR) is 93.1 cm³/mol. The molecule has 1 aliphatic rings. The predicted octanol–water partition coefficient (Wildman–Crippen LogP) is 4.59. The first-order valence-electron chi connectivity index (χ1n) is 7.69. The highest BCUT2D eigenvalue weighted by Crippen LogP contribution is 2.35. The zero-order valence-corrected chi connectivity index (χ0v) is 14.4. The summed E-state index contributed by atoms with van der Waals surface area (Å²) in [7, 11) is 0. The fourth-order valence-electron chi connectivity index (χ4n) is 2.71. The van der Waals surface area contributed by atoms with Gasteiger partial charge in [0.25, 0.3) is 0 Å². The average Bonchev–Trinajstić information content (AvgIpc) is 3.07. The number of carbonyl (C=O) groups is 1. The van der Waals surface area contributed by atoms with Crippen LogP contribution in [0.3, 0.4) is 0 Å². The molecule has 1 aromatic heterocycles. The highest BCUT2D eigenvalue weighted by molar-refractivity contribution is 7.13. The molecule has 0 bridgehead atoms. The quantitative estimate of drug-likeness (QED) is 0.863. The molecule has 1 aromatic carbocycles. The number of aryl methyl sites for hydroxylation is 1. The van der Waals surface area contributed by atoms with Crippen molar-refractivity contribution >= 4 is 28.2 Å². The number of thiazole rings is 1. The maximum absolute atomic E-state index is 11.9. The zero-order valence-electron chi connectivity index (χ0n) is 13.6. The van der Waals surface area contributed by atoms with E-state index in [0.29, 0.717) is 0 Å². The van der Waals surface area contributed by atoms with Gasteiger partial charge in [0.05, 0.1) is 6.04 Å². The van der Waals surface area contributed by atoms with Crippen LogP contribution in [0.1, 0.15) is 44.4 Å². The smallest absolute Gasteiger partial charge is 0.412 e. The number of benzene rings is 1. The van der Waals surface area contributed by atoms with Crippen LogP contribution in [0.15, 0.2) is 29.8 Å². The second-order valence-electron chi connectivity index (χ2n) is 6.61. The van der Waals surface area contributed by atoms with E-state index in [1.165, 1.54) is 11.1 Å². The number of anilines is 2. The minimum Gasteiger partial charge on any atom is -0.444 e. The number of rotatable bonds is 3. The van der Waals surface area contributed by atoms with Crippen LogP contribution >= 0.6 is 11.3 Å². The SMILES string of the molecule is CC(C)(C)OC(=O)Nc1ccc2c(c1)CCC2Nc1nccs1. The Bertz CT molecular complexity index is 692. The molecule has 0 radical (unpaired) electrons. The number of nitrogens with one attached hydrogen (secondary N) is 2. The van der Waals surface area contributed by atoms with Crippen molar-refractivity contribution in [3.63, 3.8) is 0 Å². The standard InChI is InChI=1S/C17H21N3O2S/c1-17(2,3)22-16(21)19-12-5-6-13-11(10-12)4-7-14(13)20-15-18-8-9-23-15/h5-6,8-10,14H,4,7H2,1-3H3,(H,18,20)(H,19,21). The molecule has 23 heavy (non-hydrogen) atoms. The molecule has 2 aromatic rings. The van der Waals surface area contributed by atoms with Crippen LogP contribution in [0.4, 0.5) is 15.6 Å². The van der Waals surface area contributed by atoms with Crippen molar-refractivity contribution in [1.29, 1.82) is 0 Å². The summed E-state index contributed by atoms with van der Waals surface area (Å²) in [6.07, 6.45) is 3.40. The van der Waals surface area contributed by atoms with E-state index in [4.69, 9.17) is 4.74 Å². The van der Waals surface area contributed by atoms with Crippen molar-refractivity contribution in [2.75, 3.05) is 10.6 Å². The Morgan fingerprint density at radius 3 is 2.91 bits per heavy atom. The second kappa shape index (κ2) is 6.20. The molecule has 1 amide bonds. The van der Waals surface area contributed by atoms with E-state index in [9.17, 15) is 4.79 Å². The van der Waals surface area contributed by atoms with Crippen molar-refractivity contribution < 1.29 is 9.53 Å². The minimum absolute atomic E-state index is 0.284. The summed E-state index contributed by atoms with van der Waals surface area (Å²) in [5.41, 5.74) is 2.80. The van der Waals surface area contributed by atoms with Gasteiger partial charge < -0.3 is 10.1 Å². The number of fused-ring (bicyclic) bond motifs is 1. The lowest BCUT2D eigenvalue weighted by Crippen LogP contribution is -2.27. The van der Waals surface area contributed by atoms with E-state index >= 15 is 0 Å². The van der Waals surface area contributed by atoms with Crippen molar-refractivity contribution in [3.8, 4) is 0 Å². The molecule has 3 rings (SSSR count). The molecule has 0 spiro atoms. The third-order valence-corrected chi connectivity index (χ3v) is 4.30. The van der Waals surface area contributed by atoms with E-state index in [-0.39, 0.29) is 6.04 Å². The lowest BCUT2D eigenvalue weighted by Gasteiger charge is -2.20. The number of amides is 1. The number of hydrogen-bond acceptors (Lipinski definition) is 5. The second-order valence-corrected chi connectivity index (χ2v) is 7.51. The molecule has 5 nitrogen and oxygen atoms in total. The van der Waals surface area contributed by atoms with Crippen LogP contribution < -0.4 is 10.6 Å². The van der Waals surface area contributed by atoms with E-state index in [1.807, 2.05) is 38.3 Å². The molecule has 1 unspecified atom stereocenters. The summed E-state index contributed by atoms with van der Waals surface area (Å²) in [5.74, 6) is 0. The Kier molecular flexibility index (Phi) is 4.26. The topological polar surface area (TPSA) is 63.2 Å². The van der Waals surface area contributed by atoms with Crippen LogP contribution in [0.5, 0.6) is 0 Å². The third-order valence-electron chi connectivity index (χ3n) is 3.60. The zero-order chi connectivity index (χ0) is 16.4. The number of hydrogen-bond donors (Lipinski definition) is 2. The number of carbonyl (C=O) groups excluding carboxylic acids is 1. The fraction of sp³-hybridized carbons (Fsp3) is 0.412. The van der Waals surface area contributed by atoms with Gasteiger partial charge in [-0.2, -0.15) is 0 Å². The average molecular weight is 331 g/mol. The summed E-state index contributed by atoms with van der Waals surface area (Å²) in [6, 6.07) is 6.31. The van der Waals surface area contributed by atoms with Crippen molar-refractivity contribution in [3.05, 3.63) is 40.9 Å². The molecule has 0 saturated heterocycles. The molecule has 0 aliphatic heterocycles. The van der Waals surface area contributed by atoms with Gasteiger partial charge in [0.2, 0.25) is 0 Å². The molecular weight excluding hydrogens is 310 g/mol. The van der Waals surface area contributed by atoms with E-state index in [2.05, 4.69) is 21.7 Å². The summed E-state index contributed by atoms with van der Waals surface area (Å²) < 4.78 is 5.28. The van der Waals surface area contributed by atoms with Gasteiger partial charge in [-0.1, -0.05) is 6.07 Å². The van der Waals surface area contributed by atoms with E-state index in [0.717, 1.165) is 23.7 Å². The molecule has 1 aliphatic carbocycles. The monoisotopic (exact) mass is 331 g/mol. The summed E-state index contributed by atoms with van der Waals surface area (Å²) in [4.78, 5) is 16.1. The van der Waals surface area contributed by atoms with Gasteiger partial charge in [0, 0.05) is 17.3 Å². The van der Waals surface area contributed by atoms with Gasteiger partial charge in [-0.05, 0) is 56.9 Å². The lowest BCUT2D eigenvalue weighted by molar-refractivity contribution is 0.0636. The summed E-state index contributed by atoms with van der Waals surface area (Å²) >= 11 is 1.61. The molecular formula is C17H21N3O2S. The van der Waals surface area contributed by atoms with E-state index in [1.54, 1.807) is 17.5 Å². The van der Waals surface area contributed by atoms with Gasteiger partial charge in [-0.3, -0.25) is 5.32 Å². The maximum Gasteiger partial charge on any atom is 0.412 e. The van der Waals surface area contributed by atoms with Crippen LogP contribution in [0.25, 0.3) is 0 Å². The Morgan fingerprint density at radius 1 is 1.39 bits per heavy atom. The van der Waals surface area contributed by atoms with Gasteiger partial charge in [-0.15, -0.1) is 11.3 Å². The first-order chi connectivity index (χ1) is 10.9. The van der Waals surface area contributed by atoms with Crippen molar-refractivity contribution in [1.82, 2.24) is 4.98 Å².